The number of benzene rings is 2. The molecule has 3 rings (SSSR count). The van der Waals surface area contributed by atoms with Gasteiger partial charge in [-0.2, -0.15) is 0 Å². The van der Waals surface area contributed by atoms with Crippen molar-refractivity contribution in [3.8, 4) is 11.1 Å². The summed E-state index contributed by atoms with van der Waals surface area (Å²) in [5.41, 5.74) is 3.49. The van der Waals surface area contributed by atoms with Gasteiger partial charge in [0.2, 0.25) is 0 Å². The van der Waals surface area contributed by atoms with Crippen LogP contribution in [0.2, 0.25) is 0 Å². The second kappa shape index (κ2) is 5.72. The van der Waals surface area contributed by atoms with Crippen LogP contribution in [0.4, 0.5) is 4.79 Å². The molecule has 23 heavy (non-hydrogen) atoms. The number of amides is 1. The van der Waals surface area contributed by atoms with Gasteiger partial charge >= 0.3 is 6.09 Å². The number of carbonyl (C=O) groups excluding carboxylic acids is 1. The topological polar surface area (TPSA) is 66.4 Å². The molecule has 0 bridgehead atoms. The van der Waals surface area contributed by atoms with Crippen LogP contribution in [0.1, 0.15) is 16.7 Å². The lowest BCUT2D eigenvalue weighted by Gasteiger charge is -2.30. The smallest absolute Gasteiger partial charge is 0.405 e. The molecular formula is C19H17NO3. The third-order valence-electron chi connectivity index (χ3n) is 4.23. The minimum Gasteiger partial charge on any atom is -0.465 e. The van der Waals surface area contributed by atoms with Crippen molar-refractivity contribution in [1.29, 1.82) is 0 Å². The Morgan fingerprint density at radius 3 is 2.74 bits per heavy atom. The van der Waals surface area contributed by atoms with E-state index in [2.05, 4.69) is 5.32 Å². The van der Waals surface area contributed by atoms with Gasteiger partial charge < -0.3 is 10.4 Å². The first kappa shape index (κ1) is 15.0. The van der Waals surface area contributed by atoms with Crippen molar-refractivity contribution < 1.29 is 14.7 Å². The molecule has 4 heteroatoms. The molecule has 0 radical (unpaired) electrons. The molecule has 1 atom stereocenters. The standard InChI is InChI=1S/C19H17NO3/c1-13-5-2-3-7-16(13)15-9-8-14-6-4-10-19(12-21,17(14)11-15)20-18(22)23/h2-5,7-12,20H,6H2,1H3,(H,22,23)/t19-/m1/s1. The van der Waals surface area contributed by atoms with Gasteiger partial charge in [0.1, 0.15) is 5.54 Å². The number of carboxylic acid groups (broad SMARTS) is 1. The Hall–Kier alpha value is -2.88. The van der Waals surface area contributed by atoms with Crippen molar-refractivity contribution in [3.63, 3.8) is 0 Å². The first-order valence-corrected chi connectivity index (χ1v) is 7.40. The maximum Gasteiger partial charge on any atom is 0.405 e. The highest BCUT2D eigenvalue weighted by Crippen LogP contribution is 2.34. The summed E-state index contributed by atoms with van der Waals surface area (Å²) in [4.78, 5) is 22.9. The van der Waals surface area contributed by atoms with Gasteiger partial charge in [0.25, 0.3) is 0 Å². The van der Waals surface area contributed by atoms with Crippen molar-refractivity contribution >= 4 is 12.4 Å². The number of hydrogen-bond acceptors (Lipinski definition) is 2. The van der Waals surface area contributed by atoms with E-state index in [1.807, 2.05) is 55.5 Å². The summed E-state index contributed by atoms with van der Waals surface area (Å²) in [6, 6.07) is 13.9. The zero-order chi connectivity index (χ0) is 16.4. The molecule has 0 aromatic heterocycles. The summed E-state index contributed by atoms with van der Waals surface area (Å²) >= 11 is 0. The van der Waals surface area contributed by atoms with Gasteiger partial charge in [-0.3, -0.25) is 4.79 Å². The first-order valence-electron chi connectivity index (χ1n) is 7.40. The second-order valence-corrected chi connectivity index (χ2v) is 5.71. The number of aldehydes is 1. The number of rotatable bonds is 3. The predicted molar refractivity (Wildman–Crippen MR) is 88.4 cm³/mol. The highest BCUT2D eigenvalue weighted by Gasteiger charge is 2.35. The van der Waals surface area contributed by atoms with E-state index >= 15 is 0 Å². The Labute approximate surface area is 134 Å². The van der Waals surface area contributed by atoms with Gasteiger partial charge in [0, 0.05) is 0 Å². The zero-order valence-electron chi connectivity index (χ0n) is 12.7. The van der Waals surface area contributed by atoms with Crippen LogP contribution in [0, 0.1) is 6.92 Å². The first-order chi connectivity index (χ1) is 11.1. The SMILES string of the molecule is Cc1ccccc1-c1ccc2c(c1)[C@@](C=O)(NC(=O)O)C=CC2. The fourth-order valence-corrected chi connectivity index (χ4v) is 3.08. The second-order valence-electron chi connectivity index (χ2n) is 5.71. The molecule has 0 fully saturated rings. The van der Waals surface area contributed by atoms with Gasteiger partial charge in [0.05, 0.1) is 0 Å². The monoisotopic (exact) mass is 307 g/mol. The van der Waals surface area contributed by atoms with Crippen LogP contribution in [0.5, 0.6) is 0 Å². The maximum absolute atomic E-state index is 11.7. The van der Waals surface area contributed by atoms with Crippen molar-refractivity contribution in [1.82, 2.24) is 5.32 Å². The van der Waals surface area contributed by atoms with Crippen molar-refractivity contribution in [2.24, 2.45) is 0 Å². The van der Waals surface area contributed by atoms with E-state index in [0.29, 0.717) is 18.3 Å². The molecule has 1 aliphatic carbocycles. The van der Waals surface area contributed by atoms with E-state index in [1.54, 1.807) is 6.08 Å². The van der Waals surface area contributed by atoms with Crippen LogP contribution >= 0.6 is 0 Å². The van der Waals surface area contributed by atoms with Crippen molar-refractivity contribution in [2.75, 3.05) is 0 Å². The zero-order valence-corrected chi connectivity index (χ0v) is 12.7. The minimum absolute atomic E-state index is 0.650. The Kier molecular flexibility index (Phi) is 3.74. The molecule has 116 valence electrons. The van der Waals surface area contributed by atoms with Crippen LogP contribution in [0.25, 0.3) is 11.1 Å². The number of aryl methyl sites for hydroxylation is 1. The van der Waals surface area contributed by atoms with Crippen LogP contribution in [0.15, 0.2) is 54.6 Å². The largest absolute Gasteiger partial charge is 0.465 e. The van der Waals surface area contributed by atoms with Crippen molar-refractivity contribution in [3.05, 3.63) is 71.3 Å². The van der Waals surface area contributed by atoms with E-state index in [9.17, 15) is 9.59 Å². The van der Waals surface area contributed by atoms with Gasteiger partial charge in [-0.05, 0) is 47.2 Å². The Morgan fingerprint density at radius 2 is 2.04 bits per heavy atom. The molecule has 2 N–H and O–H groups in total. The van der Waals surface area contributed by atoms with Gasteiger partial charge in [-0.15, -0.1) is 0 Å². The average Bonchev–Trinajstić information content (AvgIpc) is 2.55. The number of allylic oxidation sites excluding steroid dienone is 1. The summed E-state index contributed by atoms with van der Waals surface area (Å²) in [6.07, 6.45) is 3.55. The molecule has 0 aliphatic heterocycles. The summed E-state index contributed by atoms with van der Waals surface area (Å²) in [7, 11) is 0. The molecule has 0 spiro atoms. The van der Waals surface area contributed by atoms with Gasteiger partial charge in [-0.1, -0.05) is 48.6 Å². The van der Waals surface area contributed by atoms with Crippen LogP contribution in [0.3, 0.4) is 0 Å². The Bertz CT molecular complexity index is 810. The number of hydrogen-bond donors (Lipinski definition) is 2. The lowest BCUT2D eigenvalue weighted by Crippen LogP contribution is -2.46. The lowest BCUT2D eigenvalue weighted by molar-refractivity contribution is -0.112. The quantitative estimate of drug-likeness (QED) is 0.674. The van der Waals surface area contributed by atoms with Crippen LogP contribution in [-0.2, 0) is 16.8 Å². The average molecular weight is 307 g/mol. The van der Waals surface area contributed by atoms with E-state index in [0.717, 1.165) is 22.3 Å². The summed E-state index contributed by atoms with van der Waals surface area (Å²) < 4.78 is 0. The fraction of sp³-hybridized carbons (Fsp3) is 0.158. The number of fused-ring (bicyclic) bond motifs is 1. The van der Waals surface area contributed by atoms with Crippen LogP contribution in [-0.4, -0.2) is 17.5 Å². The highest BCUT2D eigenvalue weighted by atomic mass is 16.4. The van der Waals surface area contributed by atoms with E-state index < -0.39 is 11.6 Å². The van der Waals surface area contributed by atoms with Gasteiger partial charge in [0.15, 0.2) is 6.29 Å². The van der Waals surface area contributed by atoms with E-state index in [-0.39, 0.29) is 0 Å². The third-order valence-corrected chi connectivity index (χ3v) is 4.23. The highest BCUT2D eigenvalue weighted by molar-refractivity contribution is 5.82. The summed E-state index contributed by atoms with van der Waals surface area (Å²) in [5, 5.41) is 11.5. The minimum atomic E-state index is -1.32. The number of nitrogens with one attached hydrogen (secondary N) is 1. The molecule has 0 heterocycles. The van der Waals surface area contributed by atoms with Gasteiger partial charge in [-0.25, -0.2) is 4.79 Å². The molecule has 1 amide bonds. The number of carbonyl (C=O) groups is 2. The molecule has 2 aromatic rings. The third kappa shape index (κ3) is 2.63. The normalized spacial score (nSPS) is 19.0. The summed E-state index contributed by atoms with van der Waals surface area (Å²) in [6.45, 7) is 2.02. The predicted octanol–water partition coefficient (Wildman–Crippen LogP) is 3.44. The van der Waals surface area contributed by atoms with Crippen molar-refractivity contribution in [2.45, 2.75) is 18.9 Å². The molecule has 2 aromatic carbocycles. The van der Waals surface area contributed by atoms with E-state index in [1.165, 1.54) is 0 Å². The Balaban J connectivity index is 2.17. The molecule has 0 saturated heterocycles. The summed E-state index contributed by atoms with van der Waals surface area (Å²) in [5.74, 6) is 0. The molecular weight excluding hydrogens is 290 g/mol. The molecule has 0 saturated carbocycles. The molecule has 1 aliphatic rings. The lowest BCUT2D eigenvalue weighted by atomic mass is 9.80. The van der Waals surface area contributed by atoms with E-state index in [4.69, 9.17) is 5.11 Å². The Morgan fingerprint density at radius 1 is 1.26 bits per heavy atom. The molecule has 0 unspecified atom stereocenters. The maximum atomic E-state index is 11.7. The fourth-order valence-electron chi connectivity index (χ4n) is 3.08. The van der Waals surface area contributed by atoms with Crippen LogP contribution < -0.4 is 5.32 Å². The molecule has 4 nitrogen and oxygen atoms in total.